The first kappa shape index (κ1) is 14.0. The molecule has 0 saturated carbocycles. The average Bonchev–Trinajstić information content (AvgIpc) is 2.19. The molecule has 0 fully saturated rings. The molecular weight excluding hydrogens is 262 g/mol. The average molecular weight is 269 g/mol. The van der Waals surface area contributed by atoms with Crippen molar-refractivity contribution >= 4 is 5.97 Å². The van der Waals surface area contributed by atoms with Gasteiger partial charge in [0.2, 0.25) is 0 Å². The van der Waals surface area contributed by atoms with Gasteiger partial charge in [-0.15, -0.1) is 13.2 Å². The minimum Gasteiger partial charge on any atom is -0.481 e. The number of hydrogen-bond donors (Lipinski definition) is 2. The summed E-state index contributed by atoms with van der Waals surface area (Å²) in [7, 11) is 0. The molecule has 100 valence electrons. The molecule has 9 heteroatoms. The highest BCUT2D eigenvalue weighted by Crippen LogP contribution is 2.23. The van der Waals surface area contributed by atoms with Crippen molar-refractivity contribution in [3.8, 4) is 5.75 Å². The van der Waals surface area contributed by atoms with Crippen LogP contribution in [0.5, 0.6) is 5.75 Å². The van der Waals surface area contributed by atoms with E-state index in [0.717, 1.165) is 6.07 Å². The zero-order valence-corrected chi connectivity index (χ0v) is 8.68. The molecule has 0 unspecified atom stereocenters. The molecule has 18 heavy (non-hydrogen) atoms. The molecule has 1 rings (SSSR count). The van der Waals surface area contributed by atoms with Crippen LogP contribution in [0.3, 0.4) is 0 Å². The largest absolute Gasteiger partial charge is 0.573 e. The molecule has 0 aliphatic heterocycles. The molecule has 0 radical (unpaired) electrons. The Hall–Kier alpha value is -2.06. The summed E-state index contributed by atoms with van der Waals surface area (Å²) in [6.45, 7) is -1.39. The fourth-order valence-corrected chi connectivity index (χ4v) is 1.25. The first-order chi connectivity index (χ1) is 8.23. The van der Waals surface area contributed by atoms with Crippen LogP contribution in [-0.2, 0) is 17.9 Å². The van der Waals surface area contributed by atoms with Gasteiger partial charge in [-0.25, -0.2) is 4.39 Å². The highest BCUT2D eigenvalue weighted by Gasteiger charge is 2.33. The highest BCUT2D eigenvalue weighted by atomic mass is 19.4. The van der Waals surface area contributed by atoms with E-state index in [4.69, 9.17) is 5.11 Å². The number of pyridine rings is 1. The van der Waals surface area contributed by atoms with Gasteiger partial charge in [0, 0.05) is 11.3 Å². The second-order valence-corrected chi connectivity index (χ2v) is 3.23. The predicted octanol–water partition coefficient (Wildman–Crippen LogP) is 1.37. The number of hydrogen-bond acceptors (Lipinski definition) is 3. The summed E-state index contributed by atoms with van der Waals surface area (Å²) >= 11 is 0. The smallest absolute Gasteiger partial charge is 0.481 e. The van der Waals surface area contributed by atoms with Crippen molar-refractivity contribution in [2.75, 3.05) is 0 Å². The molecular formula is C9H7F4NO4. The van der Waals surface area contributed by atoms with E-state index in [1.165, 1.54) is 0 Å². The number of aromatic amines is 1. The quantitative estimate of drug-likeness (QED) is 0.809. The Kier molecular flexibility index (Phi) is 3.94. The van der Waals surface area contributed by atoms with E-state index >= 15 is 0 Å². The number of rotatable bonds is 4. The monoisotopic (exact) mass is 269 g/mol. The van der Waals surface area contributed by atoms with Gasteiger partial charge in [0.15, 0.2) is 5.75 Å². The molecule has 0 saturated heterocycles. The van der Waals surface area contributed by atoms with Crippen LogP contribution in [0.25, 0.3) is 0 Å². The van der Waals surface area contributed by atoms with Gasteiger partial charge in [0.1, 0.15) is 6.67 Å². The number of ether oxygens (including phenoxy) is 1. The number of H-pyrrole nitrogens is 1. The zero-order valence-electron chi connectivity index (χ0n) is 8.68. The number of halogens is 4. The molecule has 1 aromatic heterocycles. The van der Waals surface area contributed by atoms with Gasteiger partial charge < -0.3 is 14.8 Å². The second kappa shape index (κ2) is 5.07. The van der Waals surface area contributed by atoms with Crippen LogP contribution in [0.15, 0.2) is 10.9 Å². The van der Waals surface area contributed by atoms with E-state index in [1.807, 2.05) is 4.98 Å². The number of carbonyl (C=O) groups is 1. The molecule has 0 spiro atoms. The maximum absolute atomic E-state index is 12.5. The normalized spacial score (nSPS) is 11.3. The van der Waals surface area contributed by atoms with Crippen molar-refractivity contribution in [3.63, 3.8) is 0 Å². The summed E-state index contributed by atoms with van der Waals surface area (Å²) in [6.07, 6.45) is -5.78. The van der Waals surface area contributed by atoms with Gasteiger partial charge in [-0.2, -0.15) is 0 Å². The van der Waals surface area contributed by atoms with Gasteiger partial charge in [-0.1, -0.05) is 0 Å². The molecule has 0 atom stereocenters. The van der Waals surface area contributed by atoms with Gasteiger partial charge in [0.25, 0.3) is 5.56 Å². The molecule has 0 aliphatic rings. The summed E-state index contributed by atoms with van der Waals surface area (Å²) < 4.78 is 51.8. The van der Waals surface area contributed by atoms with Crippen molar-refractivity contribution in [3.05, 3.63) is 27.7 Å². The first-order valence-corrected chi connectivity index (χ1v) is 4.51. The minimum absolute atomic E-state index is 0.213. The van der Waals surface area contributed by atoms with Crippen LogP contribution in [0.2, 0.25) is 0 Å². The molecule has 0 aliphatic carbocycles. The third-order valence-electron chi connectivity index (χ3n) is 1.82. The Morgan fingerprint density at radius 1 is 1.44 bits per heavy atom. The second-order valence-electron chi connectivity index (χ2n) is 3.23. The van der Waals surface area contributed by atoms with Crippen LogP contribution < -0.4 is 10.3 Å². The Morgan fingerprint density at radius 2 is 2.06 bits per heavy atom. The van der Waals surface area contributed by atoms with Crippen molar-refractivity contribution < 1.29 is 32.2 Å². The van der Waals surface area contributed by atoms with E-state index in [9.17, 15) is 27.2 Å². The summed E-state index contributed by atoms with van der Waals surface area (Å²) in [5.74, 6) is -2.54. The van der Waals surface area contributed by atoms with Crippen molar-refractivity contribution in [2.24, 2.45) is 0 Å². The number of aliphatic carboxylic acids is 1. The topological polar surface area (TPSA) is 79.4 Å². The lowest BCUT2D eigenvalue weighted by molar-refractivity contribution is -0.275. The fourth-order valence-electron chi connectivity index (χ4n) is 1.25. The zero-order chi connectivity index (χ0) is 13.9. The third kappa shape index (κ3) is 3.75. The van der Waals surface area contributed by atoms with Crippen LogP contribution in [0.4, 0.5) is 17.6 Å². The molecule has 5 nitrogen and oxygen atoms in total. The van der Waals surface area contributed by atoms with Gasteiger partial charge in [-0.3, -0.25) is 9.59 Å². The van der Waals surface area contributed by atoms with E-state index in [2.05, 4.69) is 4.74 Å². The first-order valence-electron chi connectivity index (χ1n) is 4.51. The van der Waals surface area contributed by atoms with E-state index in [-0.39, 0.29) is 5.69 Å². The van der Waals surface area contributed by atoms with E-state index in [1.54, 1.807) is 0 Å². The van der Waals surface area contributed by atoms with Gasteiger partial charge in [-0.05, 0) is 6.07 Å². The van der Waals surface area contributed by atoms with Crippen LogP contribution >= 0.6 is 0 Å². The summed E-state index contributed by atoms with van der Waals surface area (Å²) in [4.78, 5) is 23.5. The summed E-state index contributed by atoms with van der Waals surface area (Å²) in [5.41, 5.74) is -2.21. The molecule has 1 aromatic rings. The maximum atomic E-state index is 12.5. The third-order valence-corrected chi connectivity index (χ3v) is 1.82. The van der Waals surface area contributed by atoms with E-state index < -0.39 is 42.3 Å². The van der Waals surface area contributed by atoms with Gasteiger partial charge in [0.05, 0.1) is 6.42 Å². The Morgan fingerprint density at radius 3 is 2.50 bits per heavy atom. The van der Waals surface area contributed by atoms with E-state index in [0.29, 0.717) is 0 Å². The summed E-state index contributed by atoms with van der Waals surface area (Å²) in [5, 5.41) is 8.45. The van der Waals surface area contributed by atoms with Crippen molar-refractivity contribution in [1.29, 1.82) is 0 Å². The standard InChI is InChI=1S/C9H7F4NO4/c10-3-4-1-5(2-6(15)16)14-8(17)7(4)18-9(11,12)13/h1H,2-3H2,(H,14,17)(H,15,16). The van der Waals surface area contributed by atoms with Crippen LogP contribution in [0.1, 0.15) is 11.3 Å². The molecule has 0 amide bonds. The number of nitrogens with one attached hydrogen (secondary N) is 1. The van der Waals surface area contributed by atoms with Crippen LogP contribution in [-0.4, -0.2) is 22.4 Å². The van der Waals surface area contributed by atoms with Crippen molar-refractivity contribution in [1.82, 2.24) is 4.98 Å². The number of aromatic nitrogens is 1. The molecule has 2 N–H and O–H groups in total. The predicted molar refractivity (Wildman–Crippen MR) is 49.9 cm³/mol. The lowest BCUT2D eigenvalue weighted by Gasteiger charge is -2.11. The lowest BCUT2D eigenvalue weighted by atomic mass is 10.2. The van der Waals surface area contributed by atoms with Crippen LogP contribution in [0, 0.1) is 0 Å². The van der Waals surface area contributed by atoms with Crippen molar-refractivity contribution in [2.45, 2.75) is 19.5 Å². The number of carboxylic acids is 1. The summed E-state index contributed by atoms with van der Waals surface area (Å²) in [6, 6.07) is 0.802. The molecule has 0 aromatic carbocycles. The fraction of sp³-hybridized carbons (Fsp3) is 0.333. The lowest BCUT2D eigenvalue weighted by Crippen LogP contribution is -2.25. The highest BCUT2D eigenvalue weighted by molar-refractivity contribution is 5.69. The maximum Gasteiger partial charge on any atom is 0.573 e. The minimum atomic E-state index is -5.13. The molecule has 1 heterocycles. The number of carboxylic acid groups (broad SMARTS) is 1. The van der Waals surface area contributed by atoms with Gasteiger partial charge >= 0.3 is 12.3 Å². The SMILES string of the molecule is O=C(O)Cc1cc(CF)c(OC(F)(F)F)c(=O)[nH]1. The number of alkyl halides is 4. The Labute approximate surface area is 97.0 Å². The Balaban J connectivity index is 3.20. The molecule has 0 bridgehead atoms. The Bertz CT molecular complexity index is 508.